The number of amides is 1. The topological polar surface area (TPSA) is 104 Å². The van der Waals surface area contributed by atoms with E-state index in [0.29, 0.717) is 36.7 Å². The number of carbonyl (C=O) groups excluding carboxylic acids is 1. The number of carbonyl (C=O) groups is 1. The number of methoxy groups -OCH3 is 2. The molecule has 1 aliphatic heterocycles. The predicted molar refractivity (Wildman–Crippen MR) is 159 cm³/mol. The zero-order chi connectivity index (χ0) is 28.7. The number of ether oxygens (including phenoxy) is 2. The SMILES string of the molecule is CCCN(CCC)S(=O)(=O)c1ccc(C(=O)NCCN2CCN(c3nc4c(OC)c(OC)ccc4s3)CC2)cc1. The fourth-order valence-electron chi connectivity index (χ4n) is 4.80. The number of fused-ring (bicyclic) bond motifs is 1. The van der Waals surface area contributed by atoms with Gasteiger partial charge in [0.05, 0.1) is 23.8 Å². The fraction of sp³-hybridized carbons (Fsp3) is 0.500. The summed E-state index contributed by atoms with van der Waals surface area (Å²) < 4.78 is 39.4. The first-order chi connectivity index (χ1) is 19.3. The molecule has 2 aromatic carbocycles. The molecule has 1 fully saturated rings. The lowest BCUT2D eigenvalue weighted by Gasteiger charge is -2.34. The number of hydrogen-bond donors (Lipinski definition) is 1. The first-order valence-electron chi connectivity index (χ1n) is 13.7. The number of hydrogen-bond acceptors (Lipinski definition) is 9. The monoisotopic (exact) mass is 589 g/mol. The third kappa shape index (κ3) is 6.68. The Labute approximate surface area is 240 Å². The van der Waals surface area contributed by atoms with Crippen molar-refractivity contribution < 1.29 is 22.7 Å². The molecule has 10 nitrogen and oxygen atoms in total. The molecule has 0 bridgehead atoms. The van der Waals surface area contributed by atoms with E-state index in [0.717, 1.165) is 60.9 Å². The first-order valence-corrected chi connectivity index (χ1v) is 15.9. The summed E-state index contributed by atoms with van der Waals surface area (Å²) in [6, 6.07) is 10.1. The van der Waals surface area contributed by atoms with Gasteiger partial charge in [-0.05, 0) is 49.2 Å². The average Bonchev–Trinajstić information content (AvgIpc) is 3.41. The van der Waals surface area contributed by atoms with E-state index in [1.54, 1.807) is 37.7 Å². The van der Waals surface area contributed by atoms with Crippen molar-refractivity contribution in [3.63, 3.8) is 0 Å². The van der Waals surface area contributed by atoms with E-state index in [1.807, 2.05) is 26.0 Å². The summed E-state index contributed by atoms with van der Waals surface area (Å²) >= 11 is 1.65. The third-order valence-corrected chi connectivity index (χ3v) is 9.94. The van der Waals surface area contributed by atoms with Gasteiger partial charge < -0.3 is 19.7 Å². The highest BCUT2D eigenvalue weighted by Gasteiger charge is 2.24. The molecule has 0 radical (unpaired) electrons. The Bertz CT molecular complexity index is 1380. The molecule has 1 saturated heterocycles. The molecule has 1 N–H and O–H groups in total. The predicted octanol–water partition coefficient (Wildman–Crippen LogP) is 3.68. The number of nitrogens with zero attached hydrogens (tertiary/aromatic N) is 4. The number of aromatic nitrogens is 1. The van der Waals surface area contributed by atoms with E-state index in [2.05, 4.69) is 15.1 Å². The van der Waals surface area contributed by atoms with Crippen molar-refractivity contribution >= 4 is 42.6 Å². The highest BCUT2D eigenvalue weighted by atomic mass is 32.2. The highest BCUT2D eigenvalue weighted by molar-refractivity contribution is 7.89. The lowest BCUT2D eigenvalue weighted by atomic mass is 10.2. The fourth-order valence-corrected chi connectivity index (χ4v) is 7.44. The molecule has 12 heteroatoms. The summed E-state index contributed by atoms with van der Waals surface area (Å²) in [5.74, 6) is 1.12. The van der Waals surface area contributed by atoms with Crippen LogP contribution >= 0.6 is 11.3 Å². The van der Waals surface area contributed by atoms with Crippen LogP contribution in [-0.4, -0.2) is 95.1 Å². The summed E-state index contributed by atoms with van der Waals surface area (Å²) in [6.45, 7) is 9.56. The van der Waals surface area contributed by atoms with Crippen molar-refractivity contribution in [2.24, 2.45) is 0 Å². The summed E-state index contributed by atoms with van der Waals surface area (Å²) in [4.78, 5) is 22.3. The molecule has 1 amide bonds. The summed E-state index contributed by atoms with van der Waals surface area (Å²) in [6.07, 6.45) is 1.50. The van der Waals surface area contributed by atoms with Crippen molar-refractivity contribution in [2.45, 2.75) is 31.6 Å². The van der Waals surface area contributed by atoms with Gasteiger partial charge in [-0.3, -0.25) is 9.69 Å². The molecule has 1 aromatic heterocycles. The number of benzene rings is 2. The molecule has 3 aromatic rings. The Balaban J connectivity index is 1.26. The maximum atomic E-state index is 13.0. The zero-order valence-electron chi connectivity index (χ0n) is 23.7. The molecule has 4 rings (SSSR count). The van der Waals surface area contributed by atoms with E-state index >= 15 is 0 Å². The van der Waals surface area contributed by atoms with E-state index in [1.165, 1.54) is 16.4 Å². The van der Waals surface area contributed by atoms with Crippen molar-refractivity contribution in [3.05, 3.63) is 42.0 Å². The summed E-state index contributed by atoms with van der Waals surface area (Å²) in [5, 5.41) is 3.93. The number of rotatable bonds is 13. The Hall–Kier alpha value is -2.93. The Kier molecular flexibility index (Phi) is 10.2. The van der Waals surface area contributed by atoms with Crippen LogP contribution in [0.1, 0.15) is 37.0 Å². The summed E-state index contributed by atoms with van der Waals surface area (Å²) in [5.41, 5.74) is 1.26. The minimum Gasteiger partial charge on any atom is -0.493 e. The van der Waals surface area contributed by atoms with Gasteiger partial charge >= 0.3 is 0 Å². The number of thiazole rings is 1. The Morgan fingerprint density at radius 3 is 2.27 bits per heavy atom. The van der Waals surface area contributed by atoms with Crippen LogP contribution in [0, 0.1) is 0 Å². The molecule has 218 valence electrons. The number of piperazine rings is 1. The van der Waals surface area contributed by atoms with Crippen LogP contribution in [0.5, 0.6) is 11.5 Å². The number of nitrogens with one attached hydrogen (secondary N) is 1. The van der Waals surface area contributed by atoms with Crippen LogP contribution in [0.25, 0.3) is 10.2 Å². The molecular weight excluding hydrogens is 550 g/mol. The third-order valence-electron chi connectivity index (χ3n) is 6.95. The van der Waals surface area contributed by atoms with Crippen molar-refractivity contribution in [1.82, 2.24) is 19.5 Å². The van der Waals surface area contributed by atoms with E-state index in [-0.39, 0.29) is 10.8 Å². The van der Waals surface area contributed by atoms with Gasteiger partial charge in [-0.15, -0.1) is 0 Å². The van der Waals surface area contributed by atoms with Crippen LogP contribution in [0.4, 0.5) is 5.13 Å². The molecule has 0 spiro atoms. The van der Waals surface area contributed by atoms with Gasteiger partial charge in [0.15, 0.2) is 16.6 Å². The molecule has 0 atom stereocenters. The van der Waals surface area contributed by atoms with Gasteiger partial charge in [-0.25, -0.2) is 13.4 Å². The lowest BCUT2D eigenvalue weighted by Crippen LogP contribution is -2.48. The largest absolute Gasteiger partial charge is 0.493 e. The van der Waals surface area contributed by atoms with Gasteiger partial charge in [0.25, 0.3) is 5.91 Å². The molecule has 40 heavy (non-hydrogen) atoms. The van der Waals surface area contributed by atoms with E-state index < -0.39 is 10.0 Å². The average molecular weight is 590 g/mol. The molecular formula is C28H39N5O5S2. The van der Waals surface area contributed by atoms with E-state index in [9.17, 15) is 13.2 Å². The van der Waals surface area contributed by atoms with Crippen LogP contribution < -0.4 is 19.7 Å². The molecule has 0 unspecified atom stereocenters. The second kappa shape index (κ2) is 13.6. The van der Waals surface area contributed by atoms with Crippen LogP contribution in [0.15, 0.2) is 41.3 Å². The summed E-state index contributed by atoms with van der Waals surface area (Å²) in [7, 11) is -0.313. The zero-order valence-corrected chi connectivity index (χ0v) is 25.3. The first kappa shape index (κ1) is 30.0. The van der Waals surface area contributed by atoms with Crippen LogP contribution in [0.3, 0.4) is 0 Å². The highest BCUT2D eigenvalue weighted by Crippen LogP contribution is 2.40. The molecule has 1 aliphatic rings. The smallest absolute Gasteiger partial charge is 0.251 e. The Morgan fingerprint density at radius 1 is 1.00 bits per heavy atom. The normalized spacial score (nSPS) is 14.6. The van der Waals surface area contributed by atoms with E-state index in [4.69, 9.17) is 14.5 Å². The number of sulfonamides is 1. The minimum absolute atomic E-state index is 0.208. The molecule has 0 aliphatic carbocycles. The van der Waals surface area contributed by atoms with Gasteiger partial charge in [-0.2, -0.15) is 4.31 Å². The van der Waals surface area contributed by atoms with Gasteiger partial charge in [0.2, 0.25) is 10.0 Å². The standard InChI is InChI=1S/C28H39N5O5S2/c1-5-14-33(15-6-2)40(35,36)22-9-7-21(8-10-22)27(34)29-13-16-31-17-19-32(20-18-31)28-30-25-24(39-28)12-11-23(37-3)26(25)38-4/h7-12H,5-6,13-20H2,1-4H3,(H,29,34). The maximum Gasteiger partial charge on any atom is 0.251 e. The van der Waals surface area contributed by atoms with Crippen LogP contribution in [0.2, 0.25) is 0 Å². The lowest BCUT2D eigenvalue weighted by molar-refractivity contribution is 0.0947. The van der Waals surface area contributed by atoms with Gasteiger partial charge in [0, 0.05) is 57.9 Å². The quantitative estimate of drug-likeness (QED) is 0.322. The second-order valence-corrected chi connectivity index (χ2v) is 12.6. The van der Waals surface area contributed by atoms with Gasteiger partial charge in [0.1, 0.15) is 5.52 Å². The van der Waals surface area contributed by atoms with Crippen molar-refractivity contribution in [1.29, 1.82) is 0 Å². The molecule has 0 saturated carbocycles. The van der Waals surface area contributed by atoms with Crippen LogP contribution in [-0.2, 0) is 10.0 Å². The maximum absolute atomic E-state index is 13.0. The van der Waals surface area contributed by atoms with Gasteiger partial charge in [-0.1, -0.05) is 25.2 Å². The number of anilines is 1. The molecule has 2 heterocycles. The van der Waals surface area contributed by atoms with Crippen molar-refractivity contribution in [2.75, 3.05) is 71.5 Å². The van der Waals surface area contributed by atoms with Crippen molar-refractivity contribution in [3.8, 4) is 11.5 Å². The minimum atomic E-state index is -3.56. The second-order valence-electron chi connectivity index (χ2n) is 9.66. The Morgan fingerprint density at radius 2 is 1.68 bits per heavy atom.